The van der Waals surface area contributed by atoms with Gasteiger partial charge in [-0.3, -0.25) is 0 Å². The fraction of sp³-hybridized carbons (Fsp3) is 0.571. The Morgan fingerprint density at radius 1 is 0.581 bits per heavy atom. The second kappa shape index (κ2) is 7.59. The highest BCUT2D eigenvalue weighted by Crippen LogP contribution is 2.63. The van der Waals surface area contributed by atoms with Crippen LogP contribution >= 0.6 is 15.9 Å². The monoisotopic (exact) mass is 554 g/mol. The van der Waals surface area contributed by atoms with Crippen molar-refractivity contribution in [3.63, 3.8) is 0 Å². The molecule has 31 heavy (non-hydrogen) atoms. The third-order valence-corrected chi connectivity index (χ3v) is 4.62. The normalized spacial score (nSPS) is 16.4. The van der Waals surface area contributed by atoms with E-state index in [1.807, 2.05) is 0 Å². The van der Waals surface area contributed by atoms with Gasteiger partial charge in [0, 0.05) is 10.0 Å². The predicted octanol–water partition coefficient (Wildman–Crippen LogP) is 6.86. The average Bonchev–Trinajstić information content (AvgIpc) is 2.59. The summed E-state index contributed by atoms with van der Waals surface area (Å²) < 4.78 is 196. The standard InChI is InChI=1S/C14H6BrF15O/c15-6-4-2-1-3-5(6)7(31)8(16,17)9(18,19)10(20,21)11(22,23)12(24,25)13(26,27)14(28,29)30/h1-4,7,31H/t7-/m1/s1. The van der Waals surface area contributed by atoms with Gasteiger partial charge in [-0.1, -0.05) is 34.1 Å². The van der Waals surface area contributed by atoms with Crippen molar-refractivity contribution in [2.75, 3.05) is 0 Å². The van der Waals surface area contributed by atoms with Gasteiger partial charge in [0.05, 0.1) is 0 Å². The lowest BCUT2D eigenvalue weighted by atomic mass is 9.88. The molecule has 1 atom stereocenters. The number of aliphatic hydroxyl groups is 1. The summed E-state index contributed by atoms with van der Waals surface area (Å²) in [7, 11) is 0. The highest BCUT2D eigenvalue weighted by molar-refractivity contribution is 9.10. The Kier molecular flexibility index (Phi) is 6.77. The van der Waals surface area contributed by atoms with E-state index in [2.05, 4.69) is 15.9 Å². The van der Waals surface area contributed by atoms with E-state index in [-0.39, 0.29) is 0 Å². The van der Waals surface area contributed by atoms with Gasteiger partial charge in [-0.05, 0) is 6.07 Å². The van der Waals surface area contributed by atoms with Gasteiger partial charge in [0.2, 0.25) is 0 Å². The number of benzene rings is 1. The maximum absolute atomic E-state index is 13.9. The fourth-order valence-corrected chi connectivity index (χ4v) is 2.54. The zero-order valence-electron chi connectivity index (χ0n) is 13.9. The quantitative estimate of drug-likeness (QED) is 0.365. The average molecular weight is 555 g/mol. The molecule has 0 saturated carbocycles. The third kappa shape index (κ3) is 3.74. The lowest BCUT2D eigenvalue weighted by Gasteiger charge is -2.42. The summed E-state index contributed by atoms with van der Waals surface area (Å²) in [6.07, 6.45) is -11.8. The van der Waals surface area contributed by atoms with Crippen molar-refractivity contribution in [1.29, 1.82) is 0 Å². The van der Waals surface area contributed by atoms with Crippen LogP contribution in [0, 0.1) is 0 Å². The predicted molar refractivity (Wildman–Crippen MR) is 74.8 cm³/mol. The molecule has 1 N–H and O–H groups in total. The number of hydrogen-bond donors (Lipinski definition) is 1. The van der Waals surface area contributed by atoms with Gasteiger partial charge >= 0.3 is 41.7 Å². The van der Waals surface area contributed by atoms with Crippen LogP contribution in [0.5, 0.6) is 0 Å². The van der Waals surface area contributed by atoms with Crippen molar-refractivity contribution in [2.24, 2.45) is 0 Å². The second-order valence-electron chi connectivity index (χ2n) is 5.92. The number of aliphatic hydroxyl groups excluding tert-OH is 1. The molecule has 0 aromatic heterocycles. The summed E-state index contributed by atoms with van der Waals surface area (Å²) >= 11 is 2.41. The molecule has 0 aliphatic heterocycles. The van der Waals surface area contributed by atoms with E-state index in [4.69, 9.17) is 0 Å². The molecule has 0 radical (unpaired) electrons. The lowest BCUT2D eigenvalue weighted by Crippen LogP contribution is -2.73. The maximum Gasteiger partial charge on any atom is 0.460 e. The number of alkyl halides is 15. The molecule has 0 fully saturated rings. The summed E-state index contributed by atoms with van der Waals surface area (Å²) in [5, 5.41) is 9.33. The van der Waals surface area contributed by atoms with Crippen LogP contribution < -0.4 is 0 Å². The number of hydrogen-bond acceptors (Lipinski definition) is 1. The Bertz CT molecular complexity index is 801. The van der Waals surface area contributed by atoms with E-state index in [1.165, 1.54) is 0 Å². The SMILES string of the molecule is O[C@H](c1ccccc1Br)C(F)(F)C(F)(F)C(F)(F)C(F)(F)C(F)(F)C(F)(F)C(F)(F)F. The van der Waals surface area contributed by atoms with Crippen LogP contribution in [0.25, 0.3) is 0 Å². The van der Waals surface area contributed by atoms with Crippen LogP contribution in [0.4, 0.5) is 65.9 Å². The topological polar surface area (TPSA) is 20.2 Å². The first kappa shape index (κ1) is 27.6. The molecule has 1 aromatic rings. The van der Waals surface area contributed by atoms with Gasteiger partial charge in [-0.15, -0.1) is 0 Å². The van der Waals surface area contributed by atoms with Gasteiger partial charge < -0.3 is 5.11 Å². The van der Waals surface area contributed by atoms with Gasteiger partial charge in [-0.25, -0.2) is 0 Å². The summed E-state index contributed by atoms with van der Waals surface area (Å²) in [4.78, 5) is 0. The zero-order chi connectivity index (χ0) is 25.1. The molecule has 1 aromatic carbocycles. The van der Waals surface area contributed by atoms with E-state index in [0.717, 1.165) is 18.2 Å². The summed E-state index contributed by atoms with van der Waals surface area (Å²) in [5.74, 6) is -47.5. The summed E-state index contributed by atoms with van der Waals surface area (Å²) in [6.45, 7) is 0. The molecular formula is C14H6BrF15O. The van der Waals surface area contributed by atoms with E-state index < -0.39 is 57.9 Å². The van der Waals surface area contributed by atoms with E-state index in [0.29, 0.717) is 6.07 Å². The Morgan fingerprint density at radius 3 is 1.32 bits per heavy atom. The van der Waals surface area contributed by atoms with Crippen molar-refractivity contribution >= 4 is 15.9 Å². The first-order valence-electron chi connectivity index (χ1n) is 7.19. The van der Waals surface area contributed by atoms with Crippen molar-refractivity contribution < 1.29 is 71.0 Å². The minimum Gasteiger partial charge on any atom is -0.382 e. The molecule has 0 heterocycles. The molecule has 17 heteroatoms. The Hall–Kier alpha value is -1.39. The molecule has 180 valence electrons. The van der Waals surface area contributed by atoms with Crippen LogP contribution in [-0.2, 0) is 0 Å². The van der Waals surface area contributed by atoms with Gasteiger partial charge in [0.25, 0.3) is 0 Å². The number of rotatable bonds is 7. The van der Waals surface area contributed by atoms with Crippen molar-refractivity contribution in [3.8, 4) is 0 Å². The van der Waals surface area contributed by atoms with Crippen LogP contribution in [0.1, 0.15) is 11.7 Å². The summed E-state index contributed by atoms with van der Waals surface area (Å²) in [6, 6.07) is 2.90. The molecule has 1 nitrogen and oxygen atoms in total. The zero-order valence-corrected chi connectivity index (χ0v) is 15.5. The Morgan fingerprint density at radius 2 is 0.935 bits per heavy atom. The maximum atomic E-state index is 13.9. The summed E-state index contributed by atoms with van der Waals surface area (Å²) in [5.41, 5.74) is -1.36. The fourth-order valence-electron chi connectivity index (χ4n) is 2.04. The number of halogens is 16. The van der Waals surface area contributed by atoms with Crippen molar-refractivity contribution in [1.82, 2.24) is 0 Å². The second-order valence-corrected chi connectivity index (χ2v) is 6.77. The van der Waals surface area contributed by atoms with Crippen LogP contribution in [0.3, 0.4) is 0 Å². The molecular weight excluding hydrogens is 549 g/mol. The van der Waals surface area contributed by atoms with Gasteiger partial charge in [0.1, 0.15) is 0 Å². The largest absolute Gasteiger partial charge is 0.460 e. The van der Waals surface area contributed by atoms with Gasteiger partial charge in [0.15, 0.2) is 6.10 Å². The van der Waals surface area contributed by atoms with Crippen molar-refractivity contribution in [2.45, 2.75) is 47.8 Å². The molecule has 0 unspecified atom stereocenters. The molecule has 1 rings (SSSR count). The molecule has 0 amide bonds. The Balaban J connectivity index is 3.63. The van der Waals surface area contributed by atoms with Gasteiger partial charge in [-0.2, -0.15) is 65.9 Å². The third-order valence-electron chi connectivity index (χ3n) is 3.90. The molecule has 0 bridgehead atoms. The molecule has 0 aliphatic carbocycles. The van der Waals surface area contributed by atoms with Crippen LogP contribution in [0.2, 0.25) is 0 Å². The minimum atomic E-state index is -8.39. The van der Waals surface area contributed by atoms with Crippen LogP contribution in [0.15, 0.2) is 28.7 Å². The van der Waals surface area contributed by atoms with E-state index in [9.17, 15) is 71.0 Å². The highest BCUT2D eigenvalue weighted by Gasteiger charge is 2.93. The first-order chi connectivity index (χ1) is 13.4. The van der Waals surface area contributed by atoms with E-state index >= 15 is 0 Å². The molecule has 0 spiro atoms. The van der Waals surface area contributed by atoms with Crippen LogP contribution in [-0.4, -0.2) is 46.8 Å². The lowest BCUT2D eigenvalue weighted by molar-refractivity contribution is -0.456. The molecule has 0 aliphatic rings. The molecule has 0 saturated heterocycles. The van der Waals surface area contributed by atoms with E-state index in [1.54, 1.807) is 0 Å². The Labute approximate surface area is 169 Å². The smallest absolute Gasteiger partial charge is 0.382 e. The van der Waals surface area contributed by atoms with Crippen molar-refractivity contribution in [3.05, 3.63) is 34.3 Å². The minimum absolute atomic E-state index is 0.376. The highest BCUT2D eigenvalue weighted by atomic mass is 79.9. The first-order valence-corrected chi connectivity index (χ1v) is 7.98.